The molecule has 0 aliphatic carbocycles. The molecule has 150 valence electrons. The first-order valence-electron chi connectivity index (χ1n) is 9.32. The number of thiazole rings is 1. The number of aromatic nitrogens is 4. The van der Waals surface area contributed by atoms with E-state index in [-0.39, 0.29) is 5.97 Å². The van der Waals surface area contributed by atoms with Crippen molar-refractivity contribution < 1.29 is 13.9 Å². The Morgan fingerprint density at radius 3 is 2.90 bits per heavy atom. The van der Waals surface area contributed by atoms with Gasteiger partial charge in [-0.3, -0.25) is 5.32 Å². The molecule has 1 N–H and O–H groups in total. The van der Waals surface area contributed by atoms with Gasteiger partial charge in [-0.05, 0) is 37.3 Å². The fraction of sp³-hybridized carbons (Fsp3) is 0.143. The lowest BCUT2D eigenvalue weighted by Crippen LogP contribution is -2.04. The second-order valence-corrected chi connectivity index (χ2v) is 7.34. The summed E-state index contributed by atoms with van der Waals surface area (Å²) in [7, 11) is 1.88. The van der Waals surface area contributed by atoms with E-state index in [1.165, 1.54) is 0 Å². The van der Waals surface area contributed by atoms with Crippen LogP contribution in [0.15, 0.2) is 51.7 Å². The van der Waals surface area contributed by atoms with Gasteiger partial charge in [0.05, 0.1) is 34.4 Å². The first-order valence-corrected chi connectivity index (χ1v) is 10.3. The molecule has 2 aromatic carbocycles. The highest BCUT2D eigenvalue weighted by Crippen LogP contribution is 2.28. The number of imidazole rings is 1. The summed E-state index contributed by atoms with van der Waals surface area (Å²) < 4.78 is 12.8. The molecule has 0 spiro atoms. The van der Waals surface area contributed by atoms with Crippen molar-refractivity contribution in [1.82, 2.24) is 19.5 Å². The lowest BCUT2D eigenvalue weighted by molar-refractivity contribution is 0.0526. The minimum Gasteiger partial charge on any atom is -0.462 e. The van der Waals surface area contributed by atoms with Crippen LogP contribution in [0, 0.1) is 0 Å². The molecule has 0 saturated heterocycles. The predicted molar refractivity (Wildman–Crippen MR) is 115 cm³/mol. The Labute approximate surface area is 175 Å². The molecule has 0 radical (unpaired) electrons. The SMILES string of the molecule is CCOC(=O)c1ccc2c(c1)nc(Nc1nc3ccc(-c4cscn4)cc3o1)n2C. The van der Waals surface area contributed by atoms with Gasteiger partial charge < -0.3 is 13.7 Å². The number of benzene rings is 2. The molecule has 0 bridgehead atoms. The first kappa shape index (κ1) is 18.3. The summed E-state index contributed by atoms with van der Waals surface area (Å²) in [6.45, 7) is 2.10. The molecular weight excluding hydrogens is 402 g/mol. The molecular formula is C21H17N5O3S. The quantitative estimate of drug-likeness (QED) is 0.410. The van der Waals surface area contributed by atoms with Crippen LogP contribution in [0.4, 0.5) is 12.0 Å². The van der Waals surface area contributed by atoms with Gasteiger partial charge in [0, 0.05) is 18.0 Å². The number of anilines is 2. The number of carbonyl (C=O) groups excluding carboxylic acids is 1. The highest BCUT2D eigenvalue weighted by atomic mass is 32.1. The van der Waals surface area contributed by atoms with Crippen molar-refractivity contribution in [1.29, 1.82) is 0 Å². The number of fused-ring (bicyclic) bond motifs is 2. The molecule has 0 saturated carbocycles. The fourth-order valence-electron chi connectivity index (χ4n) is 3.24. The van der Waals surface area contributed by atoms with E-state index in [0.717, 1.165) is 22.3 Å². The Balaban J connectivity index is 1.46. The van der Waals surface area contributed by atoms with Crippen LogP contribution >= 0.6 is 11.3 Å². The van der Waals surface area contributed by atoms with E-state index in [4.69, 9.17) is 9.15 Å². The maximum atomic E-state index is 12.0. The second kappa shape index (κ2) is 7.27. The number of nitrogens with one attached hydrogen (secondary N) is 1. The number of rotatable bonds is 5. The summed E-state index contributed by atoms with van der Waals surface area (Å²) >= 11 is 1.55. The molecule has 5 rings (SSSR count). The zero-order chi connectivity index (χ0) is 20.7. The summed E-state index contributed by atoms with van der Waals surface area (Å²) in [5.74, 6) is 0.187. The van der Waals surface area contributed by atoms with Crippen molar-refractivity contribution >= 4 is 51.4 Å². The second-order valence-electron chi connectivity index (χ2n) is 6.62. The molecule has 0 fully saturated rings. The van der Waals surface area contributed by atoms with Gasteiger partial charge in [0.1, 0.15) is 5.52 Å². The Kier molecular flexibility index (Phi) is 4.44. The molecule has 3 heterocycles. The van der Waals surface area contributed by atoms with Gasteiger partial charge in [-0.25, -0.2) is 14.8 Å². The number of aryl methyl sites for hydroxylation is 1. The van der Waals surface area contributed by atoms with Gasteiger partial charge in [-0.15, -0.1) is 11.3 Å². The Bertz CT molecular complexity index is 1370. The standard InChI is InChI=1S/C21H17N5O3S/c1-3-28-19(27)13-5-7-17-15(8-13)23-20(26(17)2)25-21-24-14-6-4-12(9-18(14)29-21)16-10-30-11-22-16/h4-11H,3H2,1-2H3,(H,23,24,25). The minimum atomic E-state index is -0.366. The molecule has 5 aromatic rings. The van der Waals surface area contributed by atoms with Crippen molar-refractivity contribution in [2.24, 2.45) is 7.05 Å². The first-order chi connectivity index (χ1) is 14.6. The summed E-state index contributed by atoms with van der Waals surface area (Å²) in [5.41, 5.74) is 7.07. The van der Waals surface area contributed by atoms with E-state index in [2.05, 4.69) is 20.3 Å². The van der Waals surface area contributed by atoms with E-state index >= 15 is 0 Å². The smallest absolute Gasteiger partial charge is 0.338 e. The Morgan fingerprint density at radius 2 is 2.10 bits per heavy atom. The van der Waals surface area contributed by atoms with Gasteiger partial charge >= 0.3 is 12.0 Å². The van der Waals surface area contributed by atoms with E-state index in [9.17, 15) is 4.79 Å². The third kappa shape index (κ3) is 3.18. The van der Waals surface area contributed by atoms with Crippen LogP contribution in [-0.2, 0) is 11.8 Å². The topological polar surface area (TPSA) is 95.1 Å². The van der Waals surface area contributed by atoms with Gasteiger partial charge in [-0.1, -0.05) is 6.07 Å². The molecule has 0 unspecified atom stereocenters. The number of hydrogen-bond acceptors (Lipinski definition) is 8. The van der Waals surface area contributed by atoms with E-state index in [1.807, 2.05) is 41.3 Å². The summed E-state index contributed by atoms with van der Waals surface area (Å²) in [4.78, 5) is 25.4. The van der Waals surface area contributed by atoms with Crippen molar-refractivity contribution in [2.45, 2.75) is 6.92 Å². The maximum Gasteiger partial charge on any atom is 0.338 e. The van der Waals surface area contributed by atoms with Crippen LogP contribution in [-0.4, -0.2) is 32.1 Å². The summed E-state index contributed by atoms with van der Waals surface area (Å²) in [6, 6.07) is 11.4. The largest absolute Gasteiger partial charge is 0.462 e. The van der Waals surface area contributed by atoms with Crippen LogP contribution in [0.3, 0.4) is 0 Å². The van der Waals surface area contributed by atoms with Crippen LogP contribution in [0.2, 0.25) is 0 Å². The number of esters is 1. The molecule has 8 nitrogen and oxygen atoms in total. The lowest BCUT2D eigenvalue weighted by atomic mass is 10.1. The highest BCUT2D eigenvalue weighted by molar-refractivity contribution is 7.07. The predicted octanol–water partition coefficient (Wildman–Crippen LogP) is 4.76. The molecule has 30 heavy (non-hydrogen) atoms. The van der Waals surface area contributed by atoms with Crippen molar-refractivity contribution in [3.05, 3.63) is 52.9 Å². The van der Waals surface area contributed by atoms with Gasteiger partial charge in [0.2, 0.25) is 5.95 Å². The average Bonchev–Trinajstić information content (AvgIpc) is 3.47. The van der Waals surface area contributed by atoms with Crippen molar-refractivity contribution in [3.8, 4) is 11.3 Å². The average molecular weight is 419 g/mol. The highest BCUT2D eigenvalue weighted by Gasteiger charge is 2.15. The van der Waals surface area contributed by atoms with E-state index in [1.54, 1.807) is 35.9 Å². The fourth-order valence-corrected chi connectivity index (χ4v) is 3.80. The number of ether oxygens (including phenoxy) is 1. The number of oxazole rings is 1. The normalized spacial score (nSPS) is 11.3. The molecule has 9 heteroatoms. The Morgan fingerprint density at radius 1 is 1.20 bits per heavy atom. The number of hydrogen-bond donors (Lipinski definition) is 1. The molecule has 3 aromatic heterocycles. The van der Waals surface area contributed by atoms with Gasteiger partial charge in [-0.2, -0.15) is 4.98 Å². The van der Waals surface area contributed by atoms with Crippen LogP contribution in [0.5, 0.6) is 0 Å². The number of carbonyl (C=O) groups is 1. The van der Waals surface area contributed by atoms with Gasteiger partial charge in [0.25, 0.3) is 0 Å². The van der Waals surface area contributed by atoms with Crippen LogP contribution in [0.1, 0.15) is 17.3 Å². The van der Waals surface area contributed by atoms with E-state index in [0.29, 0.717) is 35.2 Å². The molecule has 0 aliphatic rings. The lowest BCUT2D eigenvalue weighted by Gasteiger charge is -2.02. The maximum absolute atomic E-state index is 12.0. The zero-order valence-corrected chi connectivity index (χ0v) is 17.1. The third-order valence-corrected chi connectivity index (χ3v) is 5.31. The third-order valence-electron chi connectivity index (χ3n) is 4.73. The van der Waals surface area contributed by atoms with Crippen molar-refractivity contribution in [2.75, 3.05) is 11.9 Å². The summed E-state index contributed by atoms with van der Waals surface area (Å²) in [6.07, 6.45) is 0. The molecule has 0 amide bonds. The van der Waals surface area contributed by atoms with Crippen LogP contribution < -0.4 is 5.32 Å². The number of nitrogens with zero attached hydrogens (tertiary/aromatic N) is 4. The van der Waals surface area contributed by atoms with E-state index < -0.39 is 0 Å². The Hall–Kier alpha value is -3.72. The van der Waals surface area contributed by atoms with Crippen LogP contribution in [0.25, 0.3) is 33.4 Å². The molecule has 0 atom stereocenters. The van der Waals surface area contributed by atoms with Crippen molar-refractivity contribution in [3.63, 3.8) is 0 Å². The van der Waals surface area contributed by atoms with Gasteiger partial charge in [0.15, 0.2) is 5.58 Å². The summed E-state index contributed by atoms with van der Waals surface area (Å²) in [5, 5.41) is 5.11. The minimum absolute atomic E-state index is 0.327. The molecule has 0 aliphatic heterocycles. The monoisotopic (exact) mass is 419 g/mol. The zero-order valence-electron chi connectivity index (χ0n) is 16.2.